The molecule has 2 aromatic heterocycles. The summed E-state index contributed by atoms with van der Waals surface area (Å²) < 4.78 is 12.6. The van der Waals surface area contributed by atoms with Crippen molar-refractivity contribution in [2.24, 2.45) is 0 Å². The first-order valence-corrected chi connectivity index (χ1v) is 11.5. The Morgan fingerprint density at radius 2 is 1.91 bits per heavy atom. The van der Waals surface area contributed by atoms with Crippen LogP contribution in [0.1, 0.15) is 31.0 Å². The van der Waals surface area contributed by atoms with Crippen molar-refractivity contribution in [2.45, 2.75) is 26.7 Å². The molecule has 0 saturated heterocycles. The van der Waals surface area contributed by atoms with Crippen molar-refractivity contribution in [3.63, 3.8) is 0 Å². The molecule has 1 amide bonds. The minimum absolute atomic E-state index is 0.0990. The molecule has 2 aromatic carbocycles. The fourth-order valence-corrected chi connectivity index (χ4v) is 4.08. The van der Waals surface area contributed by atoms with Gasteiger partial charge < -0.3 is 14.8 Å². The molecule has 0 aliphatic carbocycles. The molecular weight excluding hydrogens is 436 g/mol. The third-order valence-corrected chi connectivity index (χ3v) is 5.87. The van der Waals surface area contributed by atoms with Crippen molar-refractivity contribution in [2.75, 3.05) is 19.0 Å². The molecule has 0 unspecified atom stereocenters. The number of nitrogens with zero attached hydrogens (tertiary/aromatic N) is 3. The summed E-state index contributed by atoms with van der Waals surface area (Å²) in [5.41, 5.74) is 3.76. The Balaban J connectivity index is 1.45. The second-order valence-corrected chi connectivity index (χ2v) is 8.73. The Morgan fingerprint density at radius 1 is 1.12 bits per heavy atom. The van der Waals surface area contributed by atoms with Gasteiger partial charge in [-0.05, 0) is 42.7 Å². The Morgan fingerprint density at radius 3 is 2.64 bits per heavy atom. The van der Waals surface area contributed by atoms with Gasteiger partial charge in [-0.15, -0.1) is 11.3 Å². The number of carbonyl (C=O) groups is 1. The normalized spacial score (nSPS) is 10.9. The average molecular weight is 463 g/mol. The molecule has 8 heteroatoms. The van der Waals surface area contributed by atoms with E-state index in [1.54, 1.807) is 11.8 Å². The summed E-state index contributed by atoms with van der Waals surface area (Å²) in [6.45, 7) is 6.04. The summed E-state index contributed by atoms with van der Waals surface area (Å²) in [6.07, 6.45) is 0. The Hall–Kier alpha value is -3.65. The zero-order valence-corrected chi connectivity index (χ0v) is 19.8. The van der Waals surface area contributed by atoms with Crippen LogP contribution in [0.4, 0.5) is 5.82 Å². The van der Waals surface area contributed by atoms with Crippen molar-refractivity contribution in [1.29, 1.82) is 0 Å². The van der Waals surface area contributed by atoms with Crippen LogP contribution in [0.2, 0.25) is 0 Å². The van der Waals surface area contributed by atoms with Crippen LogP contribution in [0.5, 0.6) is 11.5 Å². The predicted octanol–water partition coefficient (Wildman–Crippen LogP) is 5.45. The summed E-state index contributed by atoms with van der Waals surface area (Å²) >= 11 is 1.45. The average Bonchev–Trinajstić information content (AvgIpc) is 3.44. The largest absolute Gasteiger partial charge is 0.497 e. The number of hydrogen-bond donors (Lipinski definition) is 1. The van der Waals surface area contributed by atoms with Gasteiger partial charge in [0.2, 0.25) is 5.13 Å². The van der Waals surface area contributed by atoms with E-state index in [0.717, 1.165) is 22.7 Å². The number of nitrogens with one attached hydrogen (secondary N) is 1. The van der Waals surface area contributed by atoms with E-state index in [4.69, 9.17) is 14.5 Å². The summed E-state index contributed by atoms with van der Waals surface area (Å²) in [6, 6.07) is 17.3. The van der Waals surface area contributed by atoms with E-state index >= 15 is 0 Å². The third-order valence-electron chi connectivity index (χ3n) is 5.05. The summed E-state index contributed by atoms with van der Waals surface area (Å²) in [5, 5.41) is 9.99. The van der Waals surface area contributed by atoms with Crippen molar-refractivity contribution < 1.29 is 14.3 Å². The van der Waals surface area contributed by atoms with Crippen molar-refractivity contribution in [3.8, 4) is 27.9 Å². The predicted molar refractivity (Wildman–Crippen MR) is 131 cm³/mol. The van der Waals surface area contributed by atoms with Gasteiger partial charge >= 0.3 is 0 Å². The molecule has 0 saturated carbocycles. The number of rotatable bonds is 8. The van der Waals surface area contributed by atoms with Crippen LogP contribution in [0.15, 0.2) is 60.0 Å². The van der Waals surface area contributed by atoms with Crippen LogP contribution < -0.4 is 14.8 Å². The number of aromatic nitrogens is 3. The first-order valence-electron chi connectivity index (χ1n) is 10.6. The van der Waals surface area contributed by atoms with Crippen LogP contribution in [0.25, 0.3) is 16.4 Å². The highest BCUT2D eigenvalue weighted by atomic mass is 32.1. The lowest BCUT2D eigenvalue weighted by molar-refractivity contribution is -0.118. The smallest absolute Gasteiger partial charge is 0.263 e. The molecule has 7 nitrogen and oxygen atoms in total. The highest BCUT2D eigenvalue weighted by Gasteiger charge is 2.15. The number of thiazole rings is 1. The van der Waals surface area contributed by atoms with Gasteiger partial charge in [0.25, 0.3) is 5.91 Å². The van der Waals surface area contributed by atoms with Gasteiger partial charge in [0, 0.05) is 17.0 Å². The second kappa shape index (κ2) is 9.87. The Labute approximate surface area is 197 Å². The maximum atomic E-state index is 12.5. The lowest BCUT2D eigenvalue weighted by Crippen LogP contribution is -2.21. The quantitative estimate of drug-likeness (QED) is 0.377. The van der Waals surface area contributed by atoms with Crippen molar-refractivity contribution in [1.82, 2.24) is 14.8 Å². The van der Waals surface area contributed by atoms with Gasteiger partial charge in [0.15, 0.2) is 6.61 Å². The van der Waals surface area contributed by atoms with Gasteiger partial charge in [-0.25, -0.2) is 4.98 Å². The molecule has 0 radical (unpaired) electrons. The number of ether oxygens (including phenoxy) is 2. The van der Waals surface area contributed by atoms with Crippen LogP contribution >= 0.6 is 11.3 Å². The maximum Gasteiger partial charge on any atom is 0.263 e. The molecule has 1 N–H and O–H groups in total. The molecule has 4 rings (SSSR count). The number of benzene rings is 2. The number of hydrogen-bond acceptors (Lipinski definition) is 6. The minimum atomic E-state index is -0.270. The van der Waals surface area contributed by atoms with E-state index < -0.39 is 0 Å². The summed E-state index contributed by atoms with van der Waals surface area (Å²) in [5.74, 6) is 2.14. The molecule has 0 spiro atoms. The van der Waals surface area contributed by atoms with Gasteiger partial charge in [-0.2, -0.15) is 9.78 Å². The highest BCUT2D eigenvalue weighted by molar-refractivity contribution is 7.12. The fraction of sp³-hybridized carbons (Fsp3) is 0.240. The fourth-order valence-electron chi connectivity index (χ4n) is 3.29. The summed E-state index contributed by atoms with van der Waals surface area (Å²) in [4.78, 5) is 17.2. The first-order chi connectivity index (χ1) is 15.9. The van der Waals surface area contributed by atoms with Crippen molar-refractivity contribution >= 4 is 23.1 Å². The van der Waals surface area contributed by atoms with E-state index in [9.17, 15) is 4.79 Å². The Bertz CT molecular complexity index is 1240. The van der Waals surface area contributed by atoms with E-state index in [-0.39, 0.29) is 12.5 Å². The lowest BCUT2D eigenvalue weighted by Gasteiger charge is -2.10. The van der Waals surface area contributed by atoms with Gasteiger partial charge in [0.1, 0.15) is 17.3 Å². The molecule has 0 aliphatic heterocycles. The minimum Gasteiger partial charge on any atom is -0.497 e. The van der Waals surface area contributed by atoms with Gasteiger partial charge in [-0.1, -0.05) is 38.1 Å². The Kier molecular flexibility index (Phi) is 6.74. The number of aryl methyl sites for hydroxylation is 1. The van der Waals surface area contributed by atoms with Gasteiger partial charge in [-0.3, -0.25) is 4.79 Å². The van der Waals surface area contributed by atoms with Crippen LogP contribution in [-0.4, -0.2) is 34.4 Å². The zero-order chi connectivity index (χ0) is 23.4. The lowest BCUT2D eigenvalue weighted by atomic mass is 10.0. The molecule has 4 aromatic rings. The first kappa shape index (κ1) is 22.5. The molecular formula is C25H26N4O3S. The number of carbonyl (C=O) groups excluding carboxylic acids is 1. The number of methoxy groups -OCH3 is 1. The SMILES string of the molecule is COc1cccc(-c2csc(-n3nc(C)cc3NC(=O)COc3ccc(C(C)C)cc3)n2)c1. The van der Waals surface area contributed by atoms with E-state index in [1.807, 2.05) is 66.9 Å². The highest BCUT2D eigenvalue weighted by Crippen LogP contribution is 2.28. The molecule has 0 atom stereocenters. The zero-order valence-electron chi connectivity index (χ0n) is 19.0. The van der Waals surface area contributed by atoms with Crippen LogP contribution in [-0.2, 0) is 4.79 Å². The number of anilines is 1. The molecule has 0 fully saturated rings. The molecule has 0 bridgehead atoms. The van der Waals surface area contributed by atoms with E-state index in [2.05, 4.69) is 24.3 Å². The standard InChI is InChI=1S/C25H26N4O3S/c1-16(2)18-8-10-20(11-9-18)32-14-24(30)27-23-12-17(3)28-29(23)25-26-22(15-33-25)19-6-5-7-21(13-19)31-4/h5-13,15-16H,14H2,1-4H3,(H,27,30). The monoisotopic (exact) mass is 462 g/mol. The van der Waals surface area contributed by atoms with Gasteiger partial charge in [0.05, 0.1) is 18.5 Å². The van der Waals surface area contributed by atoms with E-state index in [0.29, 0.717) is 22.6 Å². The van der Waals surface area contributed by atoms with Crippen molar-refractivity contribution in [3.05, 3.63) is 71.2 Å². The van der Waals surface area contributed by atoms with Crippen LogP contribution in [0, 0.1) is 6.92 Å². The molecule has 170 valence electrons. The topological polar surface area (TPSA) is 78.3 Å². The molecule has 0 aliphatic rings. The van der Waals surface area contributed by atoms with Crippen LogP contribution in [0.3, 0.4) is 0 Å². The third kappa shape index (κ3) is 5.40. The molecule has 2 heterocycles. The van der Waals surface area contributed by atoms with E-state index in [1.165, 1.54) is 16.9 Å². The molecule has 33 heavy (non-hydrogen) atoms. The second-order valence-electron chi connectivity index (χ2n) is 7.89. The summed E-state index contributed by atoms with van der Waals surface area (Å²) in [7, 11) is 1.64. The maximum absolute atomic E-state index is 12.5. The number of amides is 1.